The first-order valence-corrected chi connectivity index (χ1v) is 7.38. The maximum Gasteiger partial charge on any atom is 0.134 e. The molecule has 0 nitrogen and oxygen atoms in total. The minimum atomic E-state index is -0.994. The Labute approximate surface area is 65.4 Å². The van der Waals surface area contributed by atoms with Crippen LogP contribution in [0.15, 0.2) is 22.8 Å². The van der Waals surface area contributed by atoms with Crippen LogP contribution in [0.4, 0.5) is 0 Å². The summed E-state index contributed by atoms with van der Waals surface area (Å²) in [5.41, 5.74) is 1.60. The van der Waals surface area contributed by atoms with Gasteiger partial charge in [-0.2, -0.15) is 0 Å². The summed E-state index contributed by atoms with van der Waals surface area (Å²) in [6, 6.07) is 0. The summed E-state index contributed by atoms with van der Waals surface area (Å²) < 4.78 is 0. The Kier molecular flexibility index (Phi) is 1.91. The maximum absolute atomic E-state index is 2.40. The van der Waals surface area contributed by atoms with Crippen LogP contribution in [-0.4, -0.2) is 15.9 Å². The standard InChI is InChI=1S/C8H15BSi/c1-10(2,3)8-6-4-5-7(8)9/h4,6H,5,9H2,1-3H3. The Hall–Kier alpha value is -0.238. The predicted octanol–water partition coefficient (Wildman–Crippen LogP) is 1.71. The molecule has 0 aromatic rings. The van der Waals surface area contributed by atoms with Crippen LogP contribution in [0.5, 0.6) is 0 Å². The molecule has 0 saturated carbocycles. The summed E-state index contributed by atoms with van der Waals surface area (Å²) in [5.74, 6) is 0. The van der Waals surface area contributed by atoms with Gasteiger partial charge in [0.15, 0.2) is 0 Å². The summed E-state index contributed by atoms with van der Waals surface area (Å²) in [6.45, 7) is 7.21. The summed E-state index contributed by atoms with van der Waals surface area (Å²) in [7, 11) is 1.26. The first-order valence-electron chi connectivity index (χ1n) is 3.88. The second-order valence-corrected chi connectivity index (χ2v) is 9.09. The molecule has 0 saturated heterocycles. The zero-order valence-electron chi connectivity index (χ0n) is 7.36. The van der Waals surface area contributed by atoms with Gasteiger partial charge in [0.2, 0.25) is 0 Å². The normalized spacial score (nSPS) is 18.7. The van der Waals surface area contributed by atoms with Gasteiger partial charge in [0.1, 0.15) is 7.85 Å². The highest BCUT2D eigenvalue weighted by atomic mass is 28.3. The molecule has 1 rings (SSSR count). The average Bonchev–Trinajstić information content (AvgIpc) is 2.11. The Morgan fingerprint density at radius 2 is 2.00 bits per heavy atom. The molecule has 0 unspecified atom stereocenters. The molecule has 0 radical (unpaired) electrons. The molecular formula is C8H15BSi. The monoisotopic (exact) mass is 150 g/mol. The molecule has 0 spiro atoms. The van der Waals surface area contributed by atoms with Gasteiger partial charge < -0.3 is 0 Å². The van der Waals surface area contributed by atoms with Crippen molar-refractivity contribution in [3.05, 3.63) is 22.8 Å². The highest BCUT2D eigenvalue weighted by Gasteiger charge is 2.20. The Balaban J connectivity index is 2.91. The molecule has 10 heavy (non-hydrogen) atoms. The van der Waals surface area contributed by atoms with Crippen molar-refractivity contribution in [2.45, 2.75) is 26.1 Å². The highest BCUT2D eigenvalue weighted by molar-refractivity contribution is 6.84. The fourth-order valence-corrected chi connectivity index (χ4v) is 3.50. The van der Waals surface area contributed by atoms with Crippen molar-refractivity contribution in [3.63, 3.8) is 0 Å². The van der Waals surface area contributed by atoms with Gasteiger partial charge in [-0.05, 0) is 6.42 Å². The minimum Gasteiger partial charge on any atom is -0.107 e. The fraction of sp³-hybridized carbons (Fsp3) is 0.500. The van der Waals surface area contributed by atoms with Crippen LogP contribution in [0.1, 0.15) is 6.42 Å². The largest absolute Gasteiger partial charge is 0.134 e. The van der Waals surface area contributed by atoms with Crippen molar-refractivity contribution in [1.82, 2.24) is 0 Å². The Morgan fingerprint density at radius 1 is 1.40 bits per heavy atom. The van der Waals surface area contributed by atoms with Gasteiger partial charge in [0.25, 0.3) is 0 Å². The maximum atomic E-state index is 2.40. The molecule has 0 atom stereocenters. The lowest BCUT2D eigenvalue weighted by molar-refractivity contribution is 1.40. The second kappa shape index (κ2) is 2.42. The van der Waals surface area contributed by atoms with E-state index in [1.165, 1.54) is 6.42 Å². The third kappa shape index (κ3) is 1.43. The molecule has 0 fully saturated rings. The molecule has 1 aliphatic rings. The van der Waals surface area contributed by atoms with Crippen molar-refractivity contribution in [2.24, 2.45) is 0 Å². The Bertz CT molecular complexity index is 196. The first kappa shape index (κ1) is 7.86. The molecule has 0 aromatic heterocycles. The summed E-state index contributed by atoms with van der Waals surface area (Å²) in [4.78, 5) is 0. The summed E-state index contributed by atoms with van der Waals surface area (Å²) in [6.07, 6.45) is 5.80. The van der Waals surface area contributed by atoms with E-state index >= 15 is 0 Å². The van der Waals surface area contributed by atoms with Crippen LogP contribution in [0.2, 0.25) is 19.6 Å². The van der Waals surface area contributed by atoms with Crippen LogP contribution < -0.4 is 0 Å². The SMILES string of the molecule is BC1=C([Si](C)(C)C)C=CC1. The van der Waals surface area contributed by atoms with E-state index in [1.54, 1.807) is 10.7 Å². The molecule has 54 valence electrons. The molecule has 0 N–H and O–H groups in total. The molecule has 0 bridgehead atoms. The zero-order chi connectivity index (χ0) is 7.78. The van der Waals surface area contributed by atoms with Crippen LogP contribution in [0.3, 0.4) is 0 Å². The lowest BCUT2D eigenvalue weighted by Crippen LogP contribution is -2.23. The minimum absolute atomic E-state index is 0.994. The number of rotatable bonds is 1. The van der Waals surface area contributed by atoms with Crippen LogP contribution in [-0.2, 0) is 0 Å². The molecule has 2 heteroatoms. The van der Waals surface area contributed by atoms with Gasteiger partial charge in [-0.1, -0.05) is 37.0 Å². The van der Waals surface area contributed by atoms with Crippen molar-refractivity contribution >= 4 is 15.9 Å². The van der Waals surface area contributed by atoms with Crippen LogP contribution >= 0.6 is 0 Å². The van der Waals surface area contributed by atoms with E-state index in [-0.39, 0.29) is 0 Å². The number of hydrogen-bond donors (Lipinski definition) is 0. The lowest BCUT2D eigenvalue weighted by Gasteiger charge is -2.17. The lowest BCUT2D eigenvalue weighted by atomic mass is 9.95. The van der Waals surface area contributed by atoms with Crippen molar-refractivity contribution in [1.29, 1.82) is 0 Å². The van der Waals surface area contributed by atoms with Gasteiger partial charge in [-0.15, -0.1) is 5.47 Å². The first-order chi connectivity index (χ1) is 4.52. The van der Waals surface area contributed by atoms with E-state index in [0.717, 1.165) is 0 Å². The smallest absolute Gasteiger partial charge is 0.107 e. The van der Waals surface area contributed by atoms with E-state index in [0.29, 0.717) is 0 Å². The molecule has 0 amide bonds. The zero-order valence-corrected chi connectivity index (χ0v) is 8.36. The van der Waals surface area contributed by atoms with Gasteiger partial charge in [-0.25, -0.2) is 0 Å². The predicted molar refractivity (Wildman–Crippen MR) is 52.7 cm³/mol. The van der Waals surface area contributed by atoms with Crippen molar-refractivity contribution in [3.8, 4) is 0 Å². The third-order valence-electron chi connectivity index (χ3n) is 1.98. The summed E-state index contributed by atoms with van der Waals surface area (Å²) >= 11 is 0. The second-order valence-electron chi connectivity index (χ2n) is 4.05. The molecule has 0 aliphatic heterocycles. The molecular weight excluding hydrogens is 135 g/mol. The van der Waals surface area contributed by atoms with Crippen molar-refractivity contribution in [2.75, 3.05) is 0 Å². The van der Waals surface area contributed by atoms with Gasteiger partial charge in [-0.3, -0.25) is 0 Å². The molecule has 1 aliphatic carbocycles. The van der Waals surface area contributed by atoms with E-state index in [9.17, 15) is 0 Å². The topological polar surface area (TPSA) is 0 Å². The van der Waals surface area contributed by atoms with E-state index in [1.807, 2.05) is 0 Å². The van der Waals surface area contributed by atoms with Gasteiger partial charge >= 0.3 is 0 Å². The van der Waals surface area contributed by atoms with Crippen LogP contribution in [0.25, 0.3) is 0 Å². The number of allylic oxidation sites excluding steroid dienone is 4. The van der Waals surface area contributed by atoms with Crippen molar-refractivity contribution < 1.29 is 0 Å². The van der Waals surface area contributed by atoms with Gasteiger partial charge in [0, 0.05) is 0 Å². The van der Waals surface area contributed by atoms with Gasteiger partial charge in [0.05, 0.1) is 8.07 Å². The van der Waals surface area contributed by atoms with E-state index in [4.69, 9.17) is 0 Å². The number of hydrogen-bond acceptors (Lipinski definition) is 0. The summed E-state index contributed by atoms with van der Waals surface area (Å²) in [5, 5.41) is 1.66. The quantitative estimate of drug-likeness (QED) is 0.499. The van der Waals surface area contributed by atoms with E-state index < -0.39 is 8.07 Å². The average molecular weight is 150 g/mol. The molecule has 0 heterocycles. The van der Waals surface area contributed by atoms with E-state index in [2.05, 4.69) is 39.6 Å². The Morgan fingerprint density at radius 3 is 2.20 bits per heavy atom. The fourth-order valence-electron chi connectivity index (χ4n) is 1.50. The van der Waals surface area contributed by atoms with Crippen LogP contribution in [0, 0.1) is 0 Å². The third-order valence-corrected chi connectivity index (χ3v) is 4.19. The highest BCUT2D eigenvalue weighted by Crippen LogP contribution is 2.25. The molecule has 0 aromatic carbocycles.